The molecule has 1 amide bonds. The van der Waals surface area contributed by atoms with Gasteiger partial charge in [0.05, 0.1) is 30.5 Å². The maximum atomic E-state index is 13.1. The number of carbonyl (C=O) groups is 1. The van der Waals surface area contributed by atoms with E-state index >= 15 is 0 Å². The van der Waals surface area contributed by atoms with Crippen LogP contribution < -0.4 is 0 Å². The number of ether oxygens (including phenoxy) is 1. The van der Waals surface area contributed by atoms with Crippen LogP contribution in [0.3, 0.4) is 0 Å². The first-order valence-electron chi connectivity index (χ1n) is 9.44. The maximum absolute atomic E-state index is 13.1. The zero-order chi connectivity index (χ0) is 18.3. The maximum Gasteiger partial charge on any atom is 0.228 e. The Kier molecular flexibility index (Phi) is 4.35. The van der Waals surface area contributed by atoms with E-state index in [9.17, 15) is 4.79 Å². The van der Waals surface area contributed by atoms with Crippen molar-refractivity contribution in [2.75, 3.05) is 13.2 Å². The van der Waals surface area contributed by atoms with E-state index < -0.39 is 0 Å². The third kappa shape index (κ3) is 3.28. The molecule has 0 bridgehead atoms. The van der Waals surface area contributed by atoms with Gasteiger partial charge < -0.3 is 9.64 Å². The summed E-state index contributed by atoms with van der Waals surface area (Å²) >= 11 is 0. The fraction of sp³-hybridized carbons (Fsp3) is 0.524. The summed E-state index contributed by atoms with van der Waals surface area (Å²) in [6.07, 6.45) is 3.84. The molecule has 2 aliphatic rings. The number of aromatic nitrogens is 2. The van der Waals surface area contributed by atoms with Crippen molar-refractivity contribution in [1.29, 1.82) is 0 Å². The Balaban J connectivity index is 1.65. The van der Waals surface area contributed by atoms with E-state index in [4.69, 9.17) is 4.74 Å². The van der Waals surface area contributed by atoms with Gasteiger partial charge in [-0.25, -0.2) is 4.68 Å². The average Bonchev–Trinajstić information content (AvgIpc) is 3.17. The minimum atomic E-state index is -0.00785. The third-order valence-corrected chi connectivity index (χ3v) is 5.44. The molecular formula is C21H27N3O2. The van der Waals surface area contributed by atoms with Crippen LogP contribution in [0.15, 0.2) is 36.5 Å². The lowest BCUT2D eigenvalue weighted by molar-refractivity contribution is -0.137. The van der Waals surface area contributed by atoms with E-state index in [0.717, 1.165) is 30.6 Å². The first kappa shape index (κ1) is 17.3. The number of rotatable bonds is 2. The van der Waals surface area contributed by atoms with Crippen LogP contribution in [0, 0.1) is 11.3 Å². The largest absolute Gasteiger partial charge is 0.378 e. The number of hydrogen-bond acceptors (Lipinski definition) is 3. The number of hydrogen-bond donors (Lipinski definition) is 0. The number of carbonyl (C=O) groups excluding carboxylic acids is 1. The summed E-state index contributed by atoms with van der Waals surface area (Å²) < 4.78 is 7.66. The summed E-state index contributed by atoms with van der Waals surface area (Å²) in [5.41, 5.74) is 3.44. The van der Waals surface area contributed by atoms with Crippen LogP contribution in [0.2, 0.25) is 0 Å². The Morgan fingerprint density at radius 3 is 2.73 bits per heavy atom. The molecule has 1 fully saturated rings. The third-order valence-electron chi connectivity index (χ3n) is 5.44. The normalized spacial score (nSPS) is 25.0. The molecule has 26 heavy (non-hydrogen) atoms. The van der Waals surface area contributed by atoms with Crippen LogP contribution in [0.4, 0.5) is 0 Å². The highest BCUT2D eigenvalue weighted by Crippen LogP contribution is 2.33. The summed E-state index contributed by atoms with van der Waals surface area (Å²) in [6, 6.07) is 10.2. The molecule has 2 aliphatic heterocycles. The van der Waals surface area contributed by atoms with Crippen molar-refractivity contribution in [3.63, 3.8) is 0 Å². The molecule has 5 heteroatoms. The number of nitrogens with zero attached hydrogens (tertiary/aromatic N) is 3. The predicted molar refractivity (Wildman–Crippen MR) is 100.0 cm³/mol. The van der Waals surface area contributed by atoms with Gasteiger partial charge in [-0.1, -0.05) is 32.0 Å². The van der Waals surface area contributed by atoms with Gasteiger partial charge in [0.25, 0.3) is 0 Å². The molecule has 0 N–H and O–H groups in total. The summed E-state index contributed by atoms with van der Waals surface area (Å²) in [4.78, 5) is 15.1. The average molecular weight is 353 g/mol. The SMILES string of the molecule is CC1CC(C(=O)N2Cc3cnn(-c4ccccc4)c3CC(C)(C)C2)CO1. The van der Waals surface area contributed by atoms with E-state index in [1.165, 1.54) is 5.69 Å². The lowest BCUT2D eigenvalue weighted by Gasteiger charge is -2.31. The first-order valence-corrected chi connectivity index (χ1v) is 9.44. The van der Waals surface area contributed by atoms with Gasteiger partial charge in [-0.15, -0.1) is 0 Å². The molecule has 1 aromatic carbocycles. The van der Waals surface area contributed by atoms with Crippen molar-refractivity contribution >= 4 is 5.91 Å². The molecular weight excluding hydrogens is 326 g/mol. The standard InChI is InChI=1S/C21H27N3O2/c1-15-9-16(13-26-15)20(25)23-12-17-11-22-24(18-7-5-4-6-8-18)19(17)10-21(2,3)14-23/h4-8,11,15-16H,9-10,12-14H2,1-3H3. The van der Waals surface area contributed by atoms with Gasteiger partial charge in [0, 0.05) is 24.3 Å². The predicted octanol–water partition coefficient (Wildman–Crippen LogP) is 3.21. The van der Waals surface area contributed by atoms with Crippen LogP contribution in [0.5, 0.6) is 0 Å². The molecule has 1 aromatic heterocycles. The van der Waals surface area contributed by atoms with Gasteiger partial charge in [-0.3, -0.25) is 4.79 Å². The Hall–Kier alpha value is -2.14. The zero-order valence-electron chi connectivity index (χ0n) is 15.8. The van der Waals surface area contributed by atoms with E-state index in [0.29, 0.717) is 13.2 Å². The lowest BCUT2D eigenvalue weighted by atomic mass is 9.87. The van der Waals surface area contributed by atoms with Gasteiger partial charge in [0.1, 0.15) is 0 Å². The Bertz CT molecular complexity index is 797. The van der Waals surface area contributed by atoms with Crippen molar-refractivity contribution in [2.24, 2.45) is 11.3 Å². The molecule has 3 heterocycles. The number of amides is 1. The van der Waals surface area contributed by atoms with Crippen LogP contribution in [-0.4, -0.2) is 39.8 Å². The van der Waals surface area contributed by atoms with Crippen LogP contribution in [0.1, 0.15) is 38.4 Å². The van der Waals surface area contributed by atoms with Crippen molar-refractivity contribution in [3.05, 3.63) is 47.8 Å². The molecule has 0 spiro atoms. The Labute approximate surface area is 154 Å². The Morgan fingerprint density at radius 1 is 1.27 bits per heavy atom. The van der Waals surface area contributed by atoms with Crippen molar-refractivity contribution in [1.82, 2.24) is 14.7 Å². The first-order chi connectivity index (χ1) is 12.4. The highest BCUT2D eigenvalue weighted by Gasteiger charge is 2.37. The second-order valence-electron chi connectivity index (χ2n) is 8.48. The fourth-order valence-electron chi connectivity index (χ4n) is 4.21. The highest BCUT2D eigenvalue weighted by atomic mass is 16.5. The summed E-state index contributed by atoms with van der Waals surface area (Å²) in [5, 5.41) is 4.63. The van der Waals surface area contributed by atoms with Crippen LogP contribution >= 0.6 is 0 Å². The number of para-hydroxylation sites is 1. The molecule has 4 rings (SSSR count). The van der Waals surface area contributed by atoms with Crippen LogP contribution in [-0.2, 0) is 22.5 Å². The van der Waals surface area contributed by atoms with Gasteiger partial charge in [0.15, 0.2) is 0 Å². The quantitative estimate of drug-likeness (QED) is 0.833. The van der Waals surface area contributed by atoms with Crippen molar-refractivity contribution < 1.29 is 9.53 Å². The highest BCUT2D eigenvalue weighted by molar-refractivity contribution is 5.79. The molecule has 0 saturated carbocycles. The van der Waals surface area contributed by atoms with Gasteiger partial charge in [-0.2, -0.15) is 5.10 Å². The molecule has 0 radical (unpaired) electrons. The lowest BCUT2D eigenvalue weighted by Crippen LogP contribution is -2.41. The molecule has 1 saturated heterocycles. The van der Waals surface area contributed by atoms with Gasteiger partial charge >= 0.3 is 0 Å². The minimum absolute atomic E-state index is 0.00144. The van der Waals surface area contributed by atoms with E-state index in [1.807, 2.05) is 40.9 Å². The van der Waals surface area contributed by atoms with Crippen molar-refractivity contribution in [2.45, 2.75) is 46.3 Å². The topological polar surface area (TPSA) is 47.4 Å². The summed E-state index contributed by atoms with van der Waals surface area (Å²) in [5.74, 6) is 0.217. The van der Waals surface area contributed by atoms with Crippen molar-refractivity contribution in [3.8, 4) is 5.69 Å². The summed E-state index contributed by atoms with van der Waals surface area (Å²) in [6.45, 7) is 8.46. The number of fused-ring (bicyclic) bond motifs is 1. The monoisotopic (exact) mass is 353 g/mol. The van der Waals surface area contributed by atoms with E-state index in [-0.39, 0.29) is 23.3 Å². The minimum Gasteiger partial charge on any atom is -0.378 e. The van der Waals surface area contributed by atoms with Gasteiger partial charge in [0.2, 0.25) is 5.91 Å². The van der Waals surface area contributed by atoms with Crippen LogP contribution in [0.25, 0.3) is 5.69 Å². The molecule has 2 atom stereocenters. The molecule has 5 nitrogen and oxygen atoms in total. The Morgan fingerprint density at radius 2 is 2.04 bits per heavy atom. The number of benzene rings is 1. The second-order valence-corrected chi connectivity index (χ2v) is 8.48. The molecule has 138 valence electrons. The smallest absolute Gasteiger partial charge is 0.228 e. The van der Waals surface area contributed by atoms with E-state index in [2.05, 4.69) is 31.1 Å². The molecule has 2 unspecified atom stereocenters. The molecule has 0 aliphatic carbocycles. The second kappa shape index (κ2) is 6.54. The molecule has 2 aromatic rings. The van der Waals surface area contributed by atoms with E-state index in [1.54, 1.807) is 0 Å². The zero-order valence-corrected chi connectivity index (χ0v) is 15.8. The fourth-order valence-corrected chi connectivity index (χ4v) is 4.21. The van der Waals surface area contributed by atoms with Gasteiger partial charge in [-0.05, 0) is 37.3 Å². The summed E-state index contributed by atoms with van der Waals surface area (Å²) in [7, 11) is 0.